The summed E-state index contributed by atoms with van der Waals surface area (Å²) in [5.74, 6) is 5.61. The zero-order chi connectivity index (χ0) is 12.0. The molecule has 2 nitrogen and oxygen atoms in total. The molecule has 0 radical (unpaired) electrons. The highest BCUT2D eigenvalue weighted by Crippen LogP contribution is 2.21. The molecule has 3 heteroatoms. The van der Waals surface area contributed by atoms with Crippen LogP contribution in [0, 0.1) is 17.7 Å². The molecule has 1 atom stereocenters. The molecule has 16 heavy (non-hydrogen) atoms. The molecule has 1 rings (SSSR count). The van der Waals surface area contributed by atoms with E-state index < -0.39 is 11.9 Å². The predicted octanol–water partition coefficient (Wildman–Crippen LogP) is 2.67. The summed E-state index contributed by atoms with van der Waals surface area (Å²) in [7, 11) is 0. The van der Waals surface area contributed by atoms with Gasteiger partial charge in [-0.1, -0.05) is 0 Å². The van der Waals surface area contributed by atoms with Crippen molar-refractivity contribution in [3.63, 3.8) is 0 Å². The van der Waals surface area contributed by atoms with Crippen LogP contribution in [0.3, 0.4) is 0 Å². The van der Waals surface area contributed by atoms with Gasteiger partial charge in [0.2, 0.25) is 0 Å². The second kappa shape index (κ2) is 6.14. The van der Waals surface area contributed by atoms with Crippen molar-refractivity contribution in [1.29, 1.82) is 0 Å². The van der Waals surface area contributed by atoms with Gasteiger partial charge in [-0.15, -0.1) is 11.8 Å². The summed E-state index contributed by atoms with van der Waals surface area (Å²) in [6.45, 7) is 3.72. The molecule has 0 aromatic heterocycles. The monoisotopic (exact) mass is 222 g/mol. The summed E-state index contributed by atoms with van der Waals surface area (Å²) in [6.07, 6.45) is -0.184. The standard InChI is InChI=1S/C13H15FO2/c1-3-4-5-8-16-11-6-7-12(10(2)15)13(14)9-11/h6-7,9-10,15H,5,8H2,1-2H3. The Labute approximate surface area is 95.1 Å². The van der Waals surface area contributed by atoms with Crippen molar-refractivity contribution in [2.45, 2.75) is 26.4 Å². The van der Waals surface area contributed by atoms with Gasteiger partial charge in [-0.25, -0.2) is 4.39 Å². The average molecular weight is 222 g/mol. The van der Waals surface area contributed by atoms with E-state index in [-0.39, 0.29) is 5.56 Å². The predicted molar refractivity (Wildman–Crippen MR) is 60.6 cm³/mol. The molecule has 0 saturated heterocycles. The van der Waals surface area contributed by atoms with E-state index in [0.717, 1.165) is 0 Å². The number of benzene rings is 1. The number of aliphatic hydroxyl groups is 1. The van der Waals surface area contributed by atoms with Crippen LogP contribution < -0.4 is 4.74 Å². The Morgan fingerprint density at radius 3 is 2.81 bits per heavy atom. The van der Waals surface area contributed by atoms with Crippen LogP contribution >= 0.6 is 0 Å². The van der Waals surface area contributed by atoms with E-state index in [0.29, 0.717) is 18.8 Å². The van der Waals surface area contributed by atoms with Crippen molar-refractivity contribution in [2.24, 2.45) is 0 Å². The Morgan fingerprint density at radius 1 is 1.50 bits per heavy atom. The Hall–Kier alpha value is -1.53. The van der Waals surface area contributed by atoms with Gasteiger partial charge in [0.15, 0.2) is 0 Å². The first-order chi connectivity index (χ1) is 7.65. The summed E-state index contributed by atoms with van der Waals surface area (Å²) in [5, 5.41) is 9.24. The van der Waals surface area contributed by atoms with E-state index in [1.54, 1.807) is 13.0 Å². The molecule has 1 unspecified atom stereocenters. The molecule has 1 aromatic rings. The Bertz CT molecular complexity index is 402. The average Bonchev–Trinajstić information content (AvgIpc) is 2.24. The molecule has 0 aliphatic rings. The first-order valence-electron chi connectivity index (χ1n) is 5.15. The first kappa shape index (κ1) is 12.5. The third-order valence-electron chi connectivity index (χ3n) is 2.09. The van der Waals surface area contributed by atoms with E-state index in [2.05, 4.69) is 11.8 Å². The summed E-state index contributed by atoms with van der Waals surface area (Å²) in [5.41, 5.74) is 0.278. The van der Waals surface area contributed by atoms with Gasteiger partial charge in [0.25, 0.3) is 0 Å². The van der Waals surface area contributed by atoms with E-state index in [9.17, 15) is 9.50 Å². The molecule has 0 heterocycles. The van der Waals surface area contributed by atoms with Crippen LogP contribution in [0.15, 0.2) is 18.2 Å². The minimum atomic E-state index is -0.806. The number of aliphatic hydroxyl groups excluding tert-OH is 1. The molecule has 1 N–H and O–H groups in total. The van der Waals surface area contributed by atoms with Gasteiger partial charge < -0.3 is 9.84 Å². The SMILES string of the molecule is CC#CCCOc1ccc(C(C)O)c(F)c1. The maximum atomic E-state index is 13.4. The zero-order valence-electron chi connectivity index (χ0n) is 9.46. The Kier molecular flexibility index (Phi) is 4.81. The minimum absolute atomic E-state index is 0.278. The number of rotatable bonds is 4. The highest BCUT2D eigenvalue weighted by molar-refractivity contribution is 5.30. The second-order valence-electron chi connectivity index (χ2n) is 3.38. The molecule has 0 aliphatic carbocycles. The Morgan fingerprint density at radius 2 is 2.25 bits per heavy atom. The number of hydrogen-bond acceptors (Lipinski definition) is 2. The Balaban J connectivity index is 2.61. The van der Waals surface area contributed by atoms with Gasteiger partial charge >= 0.3 is 0 Å². The fraction of sp³-hybridized carbons (Fsp3) is 0.385. The number of halogens is 1. The zero-order valence-corrected chi connectivity index (χ0v) is 9.46. The summed E-state index contributed by atoms with van der Waals surface area (Å²) >= 11 is 0. The van der Waals surface area contributed by atoms with Crippen LogP contribution in [0.1, 0.15) is 31.9 Å². The van der Waals surface area contributed by atoms with E-state index in [4.69, 9.17) is 4.74 Å². The molecule has 0 aliphatic heterocycles. The number of hydrogen-bond donors (Lipinski definition) is 1. The van der Waals surface area contributed by atoms with Gasteiger partial charge in [0.1, 0.15) is 11.6 Å². The second-order valence-corrected chi connectivity index (χ2v) is 3.38. The van der Waals surface area contributed by atoms with Crippen molar-refractivity contribution in [2.75, 3.05) is 6.61 Å². The first-order valence-corrected chi connectivity index (χ1v) is 5.15. The van der Waals surface area contributed by atoms with E-state index in [1.165, 1.54) is 19.1 Å². The number of ether oxygens (including phenoxy) is 1. The van der Waals surface area contributed by atoms with E-state index in [1.807, 2.05) is 0 Å². The highest BCUT2D eigenvalue weighted by Gasteiger charge is 2.08. The van der Waals surface area contributed by atoms with Gasteiger partial charge in [0, 0.05) is 18.1 Å². The maximum absolute atomic E-state index is 13.4. The van der Waals surface area contributed by atoms with Gasteiger partial charge in [-0.05, 0) is 26.0 Å². The topological polar surface area (TPSA) is 29.5 Å². The summed E-state index contributed by atoms with van der Waals surface area (Å²) in [6, 6.07) is 4.45. The molecule has 0 spiro atoms. The smallest absolute Gasteiger partial charge is 0.132 e. The lowest BCUT2D eigenvalue weighted by Gasteiger charge is -2.09. The normalized spacial score (nSPS) is 11.5. The van der Waals surface area contributed by atoms with Gasteiger partial charge in [0.05, 0.1) is 12.7 Å². The quantitative estimate of drug-likeness (QED) is 0.627. The van der Waals surface area contributed by atoms with Crippen LogP contribution in [0.2, 0.25) is 0 Å². The van der Waals surface area contributed by atoms with Crippen LogP contribution in [0.4, 0.5) is 4.39 Å². The molecule has 1 aromatic carbocycles. The lowest BCUT2D eigenvalue weighted by Crippen LogP contribution is -1.99. The van der Waals surface area contributed by atoms with Gasteiger partial charge in [-0.3, -0.25) is 0 Å². The van der Waals surface area contributed by atoms with Crippen LogP contribution in [-0.2, 0) is 0 Å². The fourth-order valence-corrected chi connectivity index (χ4v) is 1.28. The van der Waals surface area contributed by atoms with Crippen molar-refractivity contribution in [1.82, 2.24) is 0 Å². The largest absolute Gasteiger partial charge is 0.492 e. The third kappa shape index (κ3) is 3.56. The van der Waals surface area contributed by atoms with Crippen molar-refractivity contribution < 1.29 is 14.2 Å². The molecule has 0 saturated carbocycles. The van der Waals surface area contributed by atoms with Crippen molar-refractivity contribution >= 4 is 0 Å². The molecule has 86 valence electrons. The minimum Gasteiger partial charge on any atom is -0.492 e. The van der Waals surface area contributed by atoms with Crippen molar-refractivity contribution in [3.05, 3.63) is 29.6 Å². The third-order valence-corrected chi connectivity index (χ3v) is 2.09. The van der Waals surface area contributed by atoms with Crippen LogP contribution in [0.5, 0.6) is 5.75 Å². The molecule has 0 bridgehead atoms. The molecular formula is C13H15FO2. The molecular weight excluding hydrogens is 207 g/mol. The van der Waals surface area contributed by atoms with E-state index >= 15 is 0 Å². The maximum Gasteiger partial charge on any atom is 0.132 e. The lowest BCUT2D eigenvalue weighted by molar-refractivity contribution is 0.194. The fourth-order valence-electron chi connectivity index (χ4n) is 1.28. The van der Waals surface area contributed by atoms with Crippen LogP contribution in [0.25, 0.3) is 0 Å². The summed E-state index contributed by atoms with van der Waals surface area (Å²) in [4.78, 5) is 0. The van der Waals surface area contributed by atoms with Gasteiger partial charge in [-0.2, -0.15) is 0 Å². The summed E-state index contributed by atoms with van der Waals surface area (Å²) < 4.78 is 18.7. The van der Waals surface area contributed by atoms with Crippen LogP contribution in [-0.4, -0.2) is 11.7 Å². The lowest BCUT2D eigenvalue weighted by atomic mass is 10.1. The molecule has 0 fully saturated rings. The molecule has 0 amide bonds. The highest BCUT2D eigenvalue weighted by atomic mass is 19.1. The van der Waals surface area contributed by atoms with Crippen molar-refractivity contribution in [3.8, 4) is 17.6 Å².